The summed E-state index contributed by atoms with van der Waals surface area (Å²) in [5.74, 6) is 0.222. The summed E-state index contributed by atoms with van der Waals surface area (Å²) in [4.78, 5) is 11.9. The molecule has 2 aliphatic rings. The van der Waals surface area contributed by atoms with Crippen LogP contribution in [0.1, 0.15) is 55.6 Å². The van der Waals surface area contributed by atoms with E-state index in [1.54, 1.807) is 0 Å². The molecule has 1 saturated heterocycles. The molecule has 1 aromatic rings. The van der Waals surface area contributed by atoms with E-state index < -0.39 is 7.12 Å². The largest absolute Gasteiger partial charge is 0.491 e. The van der Waals surface area contributed by atoms with Crippen molar-refractivity contribution in [3.63, 3.8) is 0 Å². The van der Waals surface area contributed by atoms with E-state index in [1.807, 2.05) is 52.0 Å². The van der Waals surface area contributed by atoms with Crippen molar-refractivity contribution in [3.05, 3.63) is 40.4 Å². The number of fused-ring (bicyclic) bond motifs is 1. The molecule has 0 aromatic heterocycles. The SMILES string of the molecule is CC1(C)OB(C(=Cc2cccc3c2CCC3=O)CN)OC1(C)C. The Morgan fingerprint density at radius 1 is 1.22 bits per heavy atom. The second-order valence-corrected chi connectivity index (χ2v) is 7.31. The van der Waals surface area contributed by atoms with Crippen molar-refractivity contribution in [2.75, 3.05) is 6.54 Å². The average molecular weight is 313 g/mol. The number of carbonyl (C=O) groups excluding carboxylic acids is 1. The molecule has 5 heteroatoms. The van der Waals surface area contributed by atoms with Crippen LogP contribution >= 0.6 is 0 Å². The van der Waals surface area contributed by atoms with Gasteiger partial charge in [0, 0.05) is 18.5 Å². The van der Waals surface area contributed by atoms with Gasteiger partial charge in [-0.05, 0) is 50.7 Å². The van der Waals surface area contributed by atoms with Crippen molar-refractivity contribution < 1.29 is 14.1 Å². The van der Waals surface area contributed by atoms with Gasteiger partial charge in [-0.3, -0.25) is 4.79 Å². The van der Waals surface area contributed by atoms with Crippen LogP contribution in [-0.4, -0.2) is 30.6 Å². The van der Waals surface area contributed by atoms with Gasteiger partial charge in [0.15, 0.2) is 5.78 Å². The third-order valence-electron chi connectivity index (χ3n) is 5.25. The topological polar surface area (TPSA) is 61.5 Å². The van der Waals surface area contributed by atoms with Gasteiger partial charge in [0.25, 0.3) is 0 Å². The van der Waals surface area contributed by atoms with Crippen LogP contribution in [0.2, 0.25) is 0 Å². The second-order valence-electron chi connectivity index (χ2n) is 7.31. The number of Topliss-reactive ketones (excluding diaryl/α,β-unsaturated/α-hetero) is 1. The lowest BCUT2D eigenvalue weighted by atomic mass is 9.76. The van der Waals surface area contributed by atoms with Crippen molar-refractivity contribution in [3.8, 4) is 0 Å². The van der Waals surface area contributed by atoms with Gasteiger partial charge in [0.1, 0.15) is 0 Å². The Bertz CT molecular complexity index is 663. The van der Waals surface area contributed by atoms with Gasteiger partial charge >= 0.3 is 7.12 Å². The minimum atomic E-state index is -0.446. The van der Waals surface area contributed by atoms with Gasteiger partial charge in [-0.25, -0.2) is 0 Å². The lowest BCUT2D eigenvalue weighted by molar-refractivity contribution is 0.00578. The summed E-state index contributed by atoms with van der Waals surface area (Å²) in [6, 6.07) is 5.85. The van der Waals surface area contributed by atoms with E-state index in [2.05, 4.69) is 0 Å². The highest BCUT2D eigenvalue weighted by molar-refractivity contribution is 6.55. The van der Waals surface area contributed by atoms with E-state index >= 15 is 0 Å². The van der Waals surface area contributed by atoms with Crippen molar-refractivity contribution in [1.82, 2.24) is 0 Å². The zero-order valence-corrected chi connectivity index (χ0v) is 14.3. The highest BCUT2D eigenvalue weighted by Gasteiger charge is 2.52. The van der Waals surface area contributed by atoms with E-state index in [-0.39, 0.29) is 17.0 Å². The van der Waals surface area contributed by atoms with Crippen LogP contribution < -0.4 is 5.73 Å². The average Bonchev–Trinajstić information content (AvgIpc) is 2.95. The van der Waals surface area contributed by atoms with Crippen LogP contribution in [0.15, 0.2) is 23.7 Å². The van der Waals surface area contributed by atoms with Crippen molar-refractivity contribution >= 4 is 19.0 Å². The third kappa shape index (κ3) is 2.78. The van der Waals surface area contributed by atoms with Crippen molar-refractivity contribution in [2.45, 2.75) is 51.7 Å². The maximum atomic E-state index is 11.9. The Labute approximate surface area is 138 Å². The van der Waals surface area contributed by atoms with Gasteiger partial charge in [-0.15, -0.1) is 0 Å². The Morgan fingerprint density at radius 3 is 2.48 bits per heavy atom. The van der Waals surface area contributed by atoms with E-state index in [1.165, 1.54) is 0 Å². The predicted octanol–water partition coefficient (Wildman–Crippen LogP) is 2.79. The fourth-order valence-electron chi connectivity index (χ4n) is 3.07. The quantitative estimate of drug-likeness (QED) is 0.872. The number of rotatable bonds is 3. The lowest BCUT2D eigenvalue weighted by Crippen LogP contribution is -2.41. The molecule has 0 saturated carbocycles. The minimum Gasteiger partial charge on any atom is -0.400 e. The van der Waals surface area contributed by atoms with E-state index in [0.717, 1.165) is 28.6 Å². The fraction of sp³-hybridized carbons (Fsp3) is 0.500. The summed E-state index contributed by atoms with van der Waals surface area (Å²) in [5, 5.41) is 0. The Hall–Kier alpha value is -1.43. The first kappa shape index (κ1) is 16.4. The van der Waals surface area contributed by atoms with E-state index in [4.69, 9.17) is 15.0 Å². The van der Waals surface area contributed by atoms with E-state index in [0.29, 0.717) is 13.0 Å². The molecule has 1 fully saturated rings. The zero-order valence-electron chi connectivity index (χ0n) is 14.3. The highest BCUT2D eigenvalue weighted by Crippen LogP contribution is 2.39. The number of benzene rings is 1. The monoisotopic (exact) mass is 313 g/mol. The van der Waals surface area contributed by atoms with Crippen LogP contribution in [0.4, 0.5) is 0 Å². The number of nitrogens with two attached hydrogens (primary N) is 1. The molecule has 0 radical (unpaired) electrons. The molecule has 0 atom stereocenters. The molecule has 1 aliphatic heterocycles. The maximum absolute atomic E-state index is 11.9. The smallest absolute Gasteiger partial charge is 0.400 e. The van der Waals surface area contributed by atoms with Gasteiger partial charge in [-0.2, -0.15) is 0 Å². The molecule has 1 aliphatic carbocycles. The van der Waals surface area contributed by atoms with Crippen molar-refractivity contribution in [2.24, 2.45) is 5.73 Å². The van der Waals surface area contributed by atoms with Gasteiger partial charge in [-0.1, -0.05) is 24.3 Å². The molecule has 2 N–H and O–H groups in total. The summed E-state index contributed by atoms with van der Waals surface area (Å²) >= 11 is 0. The van der Waals surface area contributed by atoms with Gasteiger partial charge in [0.2, 0.25) is 0 Å². The molecule has 122 valence electrons. The molecule has 0 unspecified atom stereocenters. The standard InChI is InChI=1S/C18H24BNO3/c1-17(2)18(3,4)23-19(22-17)13(11-20)10-12-6-5-7-15-14(12)8-9-16(15)21/h5-7,10H,8-9,11,20H2,1-4H3. The molecule has 0 bridgehead atoms. The fourth-order valence-corrected chi connectivity index (χ4v) is 3.07. The number of ketones is 1. The van der Waals surface area contributed by atoms with Crippen LogP contribution in [0.25, 0.3) is 6.08 Å². The maximum Gasteiger partial charge on any atom is 0.491 e. The summed E-state index contributed by atoms with van der Waals surface area (Å²) in [6.07, 6.45) is 3.41. The first-order chi connectivity index (χ1) is 10.7. The summed E-state index contributed by atoms with van der Waals surface area (Å²) in [6.45, 7) is 8.47. The molecule has 4 nitrogen and oxygen atoms in total. The normalized spacial score (nSPS) is 22.6. The number of hydrogen-bond acceptors (Lipinski definition) is 4. The molecule has 3 rings (SSSR count). The van der Waals surface area contributed by atoms with Crippen molar-refractivity contribution in [1.29, 1.82) is 0 Å². The predicted molar refractivity (Wildman–Crippen MR) is 92.2 cm³/mol. The Kier molecular flexibility index (Phi) is 3.99. The Morgan fingerprint density at radius 2 is 1.87 bits per heavy atom. The first-order valence-corrected chi connectivity index (χ1v) is 8.16. The van der Waals surface area contributed by atoms with E-state index in [9.17, 15) is 4.79 Å². The van der Waals surface area contributed by atoms with Gasteiger partial charge in [0.05, 0.1) is 11.2 Å². The van der Waals surface area contributed by atoms with Gasteiger partial charge < -0.3 is 15.0 Å². The van der Waals surface area contributed by atoms with Crippen LogP contribution in [-0.2, 0) is 15.7 Å². The molecule has 0 spiro atoms. The molecule has 23 heavy (non-hydrogen) atoms. The number of carbonyl (C=O) groups is 1. The third-order valence-corrected chi connectivity index (χ3v) is 5.25. The molecule has 1 aromatic carbocycles. The minimum absolute atomic E-state index is 0.222. The lowest BCUT2D eigenvalue weighted by Gasteiger charge is -2.32. The van der Waals surface area contributed by atoms with Crippen LogP contribution in [0, 0.1) is 0 Å². The molecule has 0 amide bonds. The van der Waals surface area contributed by atoms with Crippen LogP contribution in [0.3, 0.4) is 0 Å². The molecular formula is C18H24BNO3. The zero-order chi connectivity index (χ0) is 16.8. The molecular weight excluding hydrogens is 289 g/mol. The summed E-state index contributed by atoms with van der Waals surface area (Å²) in [7, 11) is -0.446. The second kappa shape index (κ2) is 5.58. The molecule has 1 heterocycles. The summed E-state index contributed by atoms with van der Waals surface area (Å²) < 4.78 is 12.2. The number of hydrogen-bond donors (Lipinski definition) is 1. The Balaban J connectivity index is 1.94. The first-order valence-electron chi connectivity index (χ1n) is 8.16. The van der Waals surface area contributed by atoms with Crippen LogP contribution in [0.5, 0.6) is 0 Å². The highest BCUT2D eigenvalue weighted by atomic mass is 16.7. The summed E-state index contributed by atoms with van der Waals surface area (Å²) in [5.41, 5.74) is 9.07.